The van der Waals surface area contributed by atoms with E-state index in [1.165, 1.54) is 0 Å². The predicted octanol–water partition coefficient (Wildman–Crippen LogP) is 3.06. The molecule has 22 heavy (non-hydrogen) atoms. The van der Waals surface area contributed by atoms with E-state index >= 15 is 0 Å². The Morgan fingerprint density at radius 3 is 2.23 bits per heavy atom. The van der Waals surface area contributed by atoms with E-state index in [1.807, 2.05) is 0 Å². The average Bonchev–Trinajstić information content (AvgIpc) is 2.71. The van der Waals surface area contributed by atoms with Crippen LogP contribution in [0.5, 0.6) is 0 Å². The number of carbonyl (C=O) groups is 1. The van der Waals surface area contributed by atoms with Crippen molar-refractivity contribution in [1.82, 2.24) is 5.32 Å². The summed E-state index contributed by atoms with van der Waals surface area (Å²) in [6.07, 6.45) is 4.56. The van der Waals surface area contributed by atoms with Gasteiger partial charge in [0.25, 0.3) is 5.91 Å². The third kappa shape index (κ3) is 3.58. The summed E-state index contributed by atoms with van der Waals surface area (Å²) < 4.78 is 52.6. The Labute approximate surface area is 125 Å². The molecule has 7 heteroatoms. The summed E-state index contributed by atoms with van der Waals surface area (Å²) in [5.74, 6) is -8.47. The Balaban J connectivity index is 2.09. The van der Waals surface area contributed by atoms with Crippen LogP contribution in [-0.4, -0.2) is 23.2 Å². The highest BCUT2D eigenvalue weighted by Gasteiger charge is 2.30. The fourth-order valence-corrected chi connectivity index (χ4v) is 2.64. The van der Waals surface area contributed by atoms with E-state index in [-0.39, 0.29) is 6.54 Å². The number of halogens is 4. The Morgan fingerprint density at radius 2 is 1.64 bits per heavy atom. The van der Waals surface area contributed by atoms with E-state index in [1.54, 1.807) is 0 Å². The molecule has 0 unspecified atom stereocenters. The van der Waals surface area contributed by atoms with Gasteiger partial charge in [-0.2, -0.15) is 0 Å². The normalized spacial score (nSPS) is 17.9. The van der Waals surface area contributed by atoms with E-state index in [4.69, 9.17) is 0 Å². The lowest BCUT2D eigenvalue weighted by Crippen LogP contribution is -2.42. The molecule has 2 N–H and O–H groups in total. The van der Waals surface area contributed by atoms with Crippen molar-refractivity contribution in [3.63, 3.8) is 0 Å². The van der Waals surface area contributed by atoms with Crippen LogP contribution < -0.4 is 5.32 Å². The molecule has 3 nitrogen and oxygen atoms in total. The molecule has 1 fully saturated rings. The van der Waals surface area contributed by atoms with E-state index in [0.717, 1.165) is 25.7 Å². The highest BCUT2D eigenvalue weighted by molar-refractivity contribution is 5.94. The van der Waals surface area contributed by atoms with Crippen molar-refractivity contribution in [1.29, 1.82) is 0 Å². The topological polar surface area (TPSA) is 49.3 Å². The molecular weight excluding hydrogens is 302 g/mol. The first kappa shape index (κ1) is 16.7. The van der Waals surface area contributed by atoms with Crippen molar-refractivity contribution in [3.05, 3.63) is 34.9 Å². The maximum absolute atomic E-state index is 13.5. The molecule has 0 heterocycles. The second kappa shape index (κ2) is 6.64. The summed E-state index contributed by atoms with van der Waals surface area (Å²) in [5, 5.41) is 12.6. The van der Waals surface area contributed by atoms with Gasteiger partial charge in [-0.15, -0.1) is 0 Å². The van der Waals surface area contributed by atoms with Gasteiger partial charge in [-0.05, 0) is 18.9 Å². The average molecular weight is 319 g/mol. The van der Waals surface area contributed by atoms with Crippen LogP contribution in [0, 0.1) is 23.3 Å². The van der Waals surface area contributed by atoms with Crippen molar-refractivity contribution in [2.75, 3.05) is 6.54 Å². The number of aliphatic hydroxyl groups is 1. The molecular formula is C15H17F4NO2. The summed E-state index contributed by atoms with van der Waals surface area (Å²) in [5.41, 5.74) is -2.03. The number of benzene rings is 1. The molecule has 2 rings (SSSR count). The van der Waals surface area contributed by atoms with Crippen LogP contribution in [0.3, 0.4) is 0 Å². The van der Waals surface area contributed by atoms with Gasteiger partial charge in [-0.3, -0.25) is 4.79 Å². The summed E-state index contributed by atoms with van der Waals surface area (Å²) in [6, 6.07) is 0.306. The Bertz CT molecular complexity index is 569. The van der Waals surface area contributed by atoms with Gasteiger partial charge in [0.1, 0.15) is 0 Å². The monoisotopic (exact) mass is 319 g/mol. The van der Waals surface area contributed by atoms with Gasteiger partial charge in [0.05, 0.1) is 11.2 Å². The van der Waals surface area contributed by atoms with Crippen LogP contribution in [0.15, 0.2) is 6.07 Å². The molecule has 0 aliphatic heterocycles. The van der Waals surface area contributed by atoms with E-state index < -0.39 is 40.3 Å². The summed E-state index contributed by atoms with van der Waals surface area (Å²) in [6.45, 7) is -0.147. The van der Waals surface area contributed by atoms with Crippen molar-refractivity contribution < 1.29 is 27.5 Å². The Morgan fingerprint density at radius 1 is 1.05 bits per heavy atom. The largest absolute Gasteiger partial charge is 0.388 e. The van der Waals surface area contributed by atoms with E-state index in [9.17, 15) is 27.5 Å². The number of rotatable bonds is 3. The predicted molar refractivity (Wildman–Crippen MR) is 71.3 cm³/mol. The van der Waals surface area contributed by atoms with Gasteiger partial charge in [0, 0.05) is 6.54 Å². The first-order valence-electron chi connectivity index (χ1n) is 7.18. The lowest BCUT2D eigenvalue weighted by atomic mass is 9.94. The highest BCUT2D eigenvalue weighted by atomic mass is 19.2. The van der Waals surface area contributed by atoms with Crippen molar-refractivity contribution >= 4 is 5.91 Å². The van der Waals surface area contributed by atoms with Crippen molar-refractivity contribution in [2.45, 2.75) is 44.1 Å². The van der Waals surface area contributed by atoms with Gasteiger partial charge < -0.3 is 10.4 Å². The van der Waals surface area contributed by atoms with Crippen molar-refractivity contribution in [3.8, 4) is 0 Å². The maximum atomic E-state index is 13.5. The molecule has 1 aromatic carbocycles. The zero-order chi connectivity index (χ0) is 16.3. The first-order chi connectivity index (χ1) is 10.3. The van der Waals surface area contributed by atoms with Crippen LogP contribution in [-0.2, 0) is 0 Å². The number of hydrogen-bond donors (Lipinski definition) is 2. The van der Waals surface area contributed by atoms with Gasteiger partial charge in [-0.1, -0.05) is 25.7 Å². The molecule has 1 amide bonds. The zero-order valence-electron chi connectivity index (χ0n) is 11.9. The third-order valence-corrected chi connectivity index (χ3v) is 3.96. The molecule has 1 aliphatic carbocycles. The van der Waals surface area contributed by atoms with Crippen molar-refractivity contribution in [2.24, 2.45) is 0 Å². The molecule has 1 saturated carbocycles. The van der Waals surface area contributed by atoms with Gasteiger partial charge in [0.15, 0.2) is 23.3 Å². The first-order valence-corrected chi connectivity index (χ1v) is 7.18. The van der Waals surface area contributed by atoms with E-state index in [2.05, 4.69) is 5.32 Å². The molecule has 0 atom stereocenters. The fraction of sp³-hybridized carbons (Fsp3) is 0.533. The van der Waals surface area contributed by atoms with Gasteiger partial charge >= 0.3 is 0 Å². The number of nitrogens with one attached hydrogen (secondary N) is 1. The molecule has 0 aromatic heterocycles. The molecule has 0 saturated heterocycles. The second-order valence-corrected chi connectivity index (χ2v) is 5.67. The lowest BCUT2D eigenvalue weighted by Gasteiger charge is -2.26. The minimum Gasteiger partial charge on any atom is -0.388 e. The fourth-order valence-electron chi connectivity index (χ4n) is 2.64. The van der Waals surface area contributed by atoms with Crippen LogP contribution in [0.2, 0.25) is 0 Å². The maximum Gasteiger partial charge on any atom is 0.254 e. The second-order valence-electron chi connectivity index (χ2n) is 5.67. The third-order valence-electron chi connectivity index (χ3n) is 3.96. The van der Waals surface area contributed by atoms with Gasteiger partial charge in [-0.25, -0.2) is 17.6 Å². The summed E-state index contributed by atoms with van der Waals surface area (Å²) >= 11 is 0. The number of hydrogen-bond acceptors (Lipinski definition) is 2. The zero-order valence-corrected chi connectivity index (χ0v) is 11.9. The summed E-state index contributed by atoms with van der Waals surface area (Å²) in [4.78, 5) is 11.8. The molecule has 0 bridgehead atoms. The number of amides is 1. The molecule has 1 aliphatic rings. The SMILES string of the molecule is O=C(NCC1(O)CCCCCC1)c1cc(F)c(F)c(F)c1F. The van der Waals surface area contributed by atoms with Crippen LogP contribution in [0.4, 0.5) is 17.6 Å². The van der Waals surface area contributed by atoms with Gasteiger partial charge in [0.2, 0.25) is 0 Å². The number of carbonyl (C=O) groups excluding carboxylic acids is 1. The van der Waals surface area contributed by atoms with Crippen LogP contribution in [0.25, 0.3) is 0 Å². The lowest BCUT2D eigenvalue weighted by molar-refractivity contribution is 0.0245. The van der Waals surface area contributed by atoms with Crippen LogP contribution in [0.1, 0.15) is 48.9 Å². The Hall–Kier alpha value is -1.63. The molecule has 0 radical (unpaired) electrons. The molecule has 1 aromatic rings. The Kier molecular flexibility index (Phi) is 5.05. The minimum absolute atomic E-state index is 0.147. The summed E-state index contributed by atoms with van der Waals surface area (Å²) in [7, 11) is 0. The molecule has 122 valence electrons. The highest BCUT2D eigenvalue weighted by Crippen LogP contribution is 2.26. The minimum atomic E-state index is -2.03. The smallest absolute Gasteiger partial charge is 0.254 e. The quantitative estimate of drug-likeness (QED) is 0.389. The standard InChI is InChI=1S/C15H17F4NO2/c16-10-7-9(11(17)13(19)12(10)18)14(21)20-8-15(22)5-3-1-2-4-6-15/h7,22H,1-6,8H2,(H,20,21). The van der Waals surface area contributed by atoms with E-state index in [0.29, 0.717) is 18.9 Å². The molecule has 0 spiro atoms. The van der Waals surface area contributed by atoms with Crippen LogP contribution >= 0.6 is 0 Å².